The third kappa shape index (κ3) is 1.46. The smallest absolute Gasteiger partial charge is 0.201 e. The first-order valence-corrected chi connectivity index (χ1v) is 5.34. The number of H-pyrrole nitrogens is 1. The van der Waals surface area contributed by atoms with Crippen LogP contribution in [0.25, 0.3) is 23.0 Å². The number of nitrogens with two attached hydrogens (primary N) is 2. The third-order valence-electron chi connectivity index (χ3n) is 2.62. The fraction of sp³-hybridized carbons (Fsp3) is 0.200. The zero-order valence-electron chi connectivity index (χ0n) is 9.97. The van der Waals surface area contributed by atoms with E-state index in [4.69, 9.17) is 11.5 Å². The lowest BCUT2D eigenvalue weighted by atomic mass is 10.3. The van der Waals surface area contributed by atoms with Crippen LogP contribution in [-0.4, -0.2) is 29.7 Å². The summed E-state index contributed by atoms with van der Waals surface area (Å²) in [6, 6.07) is 1.90. The molecule has 0 saturated heterocycles. The number of hydrogen-bond donors (Lipinski definition) is 3. The molecule has 0 amide bonds. The van der Waals surface area contributed by atoms with Crippen molar-refractivity contribution < 1.29 is 0 Å². The predicted octanol–water partition coefficient (Wildman–Crippen LogP) is 0.178. The van der Waals surface area contributed by atoms with Crippen LogP contribution in [-0.2, 0) is 7.05 Å². The molecule has 2 aliphatic heterocycles. The Morgan fingerprint density at radius 2 is 2.00 bits per heavy atom. The van der Waals surface area contributed by atoms with Crippen LogP contribution in [0.15, 0.2) is 6.07 Å². The monoisotopic (exact) mass is 244 g/mol. The topological polar surface area (TPSA) is 124 Å². The quantitative estimate of drug-likeness (QED) is 0.560. The molecule has 8 heteroatoms. The molecule has 2 aliphatic rings. The first-order chi connectivity index (χ1) is 8.54. The van der Waals surface area contributed by atoms with Crippen molar-refractivity contribution in [1.82, 2.24) is 29.7 Å². The molecule has 0 radical (unpaired) electrons. The van der Waals surface area contributed by atoms with Crippen LogP contribution < -0.4 is 11.5 Å². The molecular weight excluding hydrogens is 232 g/mol. The van der Waals surface area contributed by atoms with Gasteiger partial charge >= 0.3 is 0 Å². The second-order valence-corrected chi connectivity index (χ2v) is 4.05. The third-order valence-corrected chi connectivity index (χ3v) is 2.62. The summed E-state index contributed by atoms with van der Waals surface area (Å²) < 4.78 is 1.72. The van der Waals surface area contributed by atoms with Crippen molar-refractivity contribution >= 4 is 11.8 Å². The second-order valence-electron chi connectivity index (χ2n) is 4.05. The number of aromatic amines is 1. The Hall–Kier alpha value is -2.64. The predicted molar refractivity (Wildman–Crippen MR) is 66.6 cm³/mol. The van der Waals surface area contributed by atoms with Gasteiger partial charge in [-0.1, -0.05) is 0 Å². The van der Waals surface area contributed by atoms with Crippen molar-refractivity contribution in [3.63, 3.8) is 0 Å². The van der Waals surface area contributed by atoms with Crippen LogP contribution in [0.4, 0.5) is 11.8 Å². The average Bonchev–Trinajstić information content (AvgIpc) is 2.81. The summed E-state index contributed by atoms with van der Waals surface area (Å²) >= 11 is 0. The van der Waals surface area contributed by atoms with Gasteiger partial charge in [-0.2, -0.15) is 10.1 Å². The minimum absolute atomic E-state index is 0.215. The van der Waals surface area contributed by atoms with E-state index in [1.165, 1.54) is 0 Å². The molecule has 0 aromatic carbocycles. The van der Waals surface area contributed by atoms with Crippen LogP contribution in [0, 0.1) is 6.92 Å². The second kappa shape index (κ2) is 3.42. The van der Waals surface area contributed by atoms with Crippen molar-refractivity contribution in [1.29, 1.82) is 0 Å². The zero-order valence-corrected chi connectivity index (χ0v) is 9.97. The van der Waals surface area contributed by atoms with E-state index >= 15 is 0 Å². The molecule has 0 atom stereocenters. The molecule has 5 N–H and O–H groups in total. The summed E-state index contributed by atoms with van der Waals surface area (Å²) in [6.45, 7) is 1.91. The van der Waals surface area contributed by atoms with E-state index in [9.17, 15) is 0 Å². The van der Waals surface area contributed by atoms with Gasteiger partial charge in [0.1, 0.15) is 5.69 Å². The first kappa shape index (κ1) is 10.5. The molecule has 0 unspecified atom stereocenters. The lowest BCUT2D eigenvalue weighted by Gasteiger charge is -2.00. The zero-order chi connectivity index (χ0) is 12.9. The standard InChI is InChI=1S/C10H12N8/c1-4-3-5(18(2)17-4)8-13-6-7(11)14-10(12)16-9(6)15-8/h3H,1-2H3,(H5,11,12,13,14,15,16). The van der Waals surface area contributed by atoms with Gasteiger partial charge in [0.2, 0.25) is 5.95 Å². The van der Waals surface area contributed by atoms with Crippen molar-refractivity contribution in [2.75, 3.05) is 11.5 Å². The minimum Gasteiger partial charge on any atom is -0.382 e. The molecule has 0 spiro atoms. The van der Waals surface area contributed by atoms with Gasteiger partial charge in [-0.05, 0) is 13.0 Å². The Morgan fingerprint density at radius 3 is 2.67 bits per heavy atom. The van der Waals surface area contributed by atoms with Gasteiger partial charge in [0, 0.05) is 7.05 Å². The molecule has 0 saturated carbocycles. The van der Waals surface area contributed by atoms with Gasteiger partial charge in [0.15, 0.2) is 23.2 Å². The highest BCUT2D eigenvalue weighted by Gasteiger charge is 2.19. The fourth-order valence-corrected chi connectivity index (χ4v) is 1.87. The molecule has 3 heterocycles. The van der Waals surface area contributed by atoms with Crippen LogP contribution in [0.2, 0.25) is 0 Å². The number of fused-ring (bicyclic) bond motifs is 1. The largest absolute Gasteiger partial charge is 0.382 e. The number of aryl methyl sites for hydroxylation is 2. The van der Waals surface area contributed by atoms with Gasteiger partial charge in [0.25, 0.3) is 0 Å². The first-order valence-electron chi connectivity index (χ1n) is 5.34. The van der Waals surface area contributed by atoms with Crippen molar-refractivity contribution in [2.24, 2.45) is 7.05 Å². The number of rotatable bonds is 1. The van der Waals surface area contributed by atoms with E-state index in [-0.39, 0.29) is 11.8 Å². The molecule has 3 rings (SSSR count). The number of hydrogen-bond acceptors (Lipinski definition) is 6. The maximum atomic E-state index is 5.76. The number of nitrogens with zero attached hydrogens (tertiary/aromatic N) is 5. The van der Waals surface area contributed by atoms with E-state index in [0.29, 0.717) is 17.3 Å². The summed E-state index contributed by atoms with van der Waals surface area (Å²) in [4.78, 5) is 15.4. The Kier molecular flexibility index (Phi) is 2.00. The summed E-state index contributed by atoms with van der Waals surface area (Å²) in [5.41, 5.74) is 13.6. The van der Waals surface area contributed by atoms with Crippen LogP contribution in [0.5, 0.6) is 0 Å². The van der Waals surface area contributed by atoms with Crippen molar-refractivity contribution in [2.45, 2.75) is 6.92 Å². The van der Waals surface area contributed by atoms with Gasteiger partial charge in [0.05, 0.1) is 5.69 Å². The number of aromatic nitrogens is 6. The van der Waals surface area contributed by atoms with E-state index in [1.807, 2.05) is 20.0 Å². The maximum absolute atomic E-state index is 5.76. The van der Waals surface area contributed by atoms with Gasteiger partial charge in [-0.25, -0.2) is 9.97 Å². The summed E-state index contributed by atoms with van der Waals surface area (Å²) in [5, 5.41) is 4.25. The SMILES string of the molecule is Cc1cc(-c2nc3[nH]c(N)nc(N)c-3n2)n(C)n1. The molecule has 0 aliphatic carbocycles. The van der Waals surface area contributed by atoms with Crippen LogP contribution in [0.3, 0.4) is 0 Å². The fourth-order valence-electron chi connectivity index (χ4n) is 1.87. The van der Waals surface area contributed by atoms with Crippen molar-refractivity contribution in [3.05, 3.63) is 11.8 Å². The summed E-state index contributed by atoms with van der Waals surface area (Å²) in [6.07, 6.45) is 0. The van der Waals surface area contributed by atoms with E-state index in [0.717, 1.165) is 11.4 Å². The highest BCUT2D eigenvalue weighted by atomic mass is 15.3. The van der Waals surface area contributed by atoms with Crippen LogP contribution in [0.1, 0.15) is 5.69 Å². The minimum atomic E-state index is 0.215. The summed E-state index contributed by atoms with van der Waals surface area (Å²) in [7, 11) is 1.84. The van der Waals surface area contributed by atoms with Gasteiger partial charge in [-0.3, -0.25) is 4.68 Å². The molecule has 8 nitrogen and oxygen atoms in total. The highest BCUT2D eigenvalue weighted by Crippen LogP contribution is 2.27. The lowest BCUT2D eigenvalue weighted by molar-refractivity contribution is 0.760. The number of anilines is 2. The Balaban J connectivity index is 2.23. The van der Waals surface area contributed by atoms with Gasteiger partial charge in [-0.15, -0.1) is 0 Å². The molecule has 1 aromatic rings. The molecular formula is C10H12N8. The Labute approximate surface area is 102 Å². The van der Waals surface area contributed by atoms with E-state index in [2.05, 4.69) is 25.0 Å². The van der Waals surface area contributed by atoms with E-state index in [1.54, 1.807) is 4.68 Å². The highest BCUT2D eigenvalue weighted by molar-refractivity contribution is 5.71. The summed E-state index contributed by atoms with van der Waals surface area (Å²) in [5.74, 6) is 1.55. The Morgan fingerprint density at radius 1 is 1.22 bits per heavy atom. The molecule has 92 valence electrons. The lowest BCUT2D eigenvalue weighted by Crippen LogP contribution is -2.03. The number of nitrogens with one attached hydrogen (secondary N) is 1. The molecule has 0 fully saturated rings. The Bertz CT molecular complexity index is 694. The van der Waals surface area contributed by atoms with Crippen LogP contribution >= 0.6 is 0 Å². The number of imidazole rings is 1. The normalized spacial score (nSPS) is 11.2. The molecule has 18 heavy (non-hydrogen) atoms. The van der Waals surface area contributed by atoms with Gasteiger partial charge < -0.3 is 16.5 Å². The van der Waals surface area contributed by atoms with Crippen molar-refractivity contribution in [3.8, 4) is 23.0 Å². The van der Waals surface area contributed by atoms with E-state index < -0.39 is 0 Å². The average molecular weight is 244 g/mol. The maximum Gasteiger partial charge on any atom is 0.201 e. The molecule has 0 bridgehead atoms. The number of nitrogen functional groups attached to an aromatic ring is 2. The molecule has 1 aromatic heterocycles.